The van der Waals surface area contributed by atoms with E-state index in [2.05, 4.69) is 14.7 Å². The van der Waals surface area contributed by atoms with Gasteiger partial charge in [0.15, 0.2) is 11.6 Å². The van der Waals surface area contributed by atoms with Crippen molar-refractivity contribution in [3.8, 4) is 5.75 Å². The van der Waals surface area contributed by atoms with Gasteiger partial charge in [-0.2, -0.15) is 8.78 Å². The molecule has 136 valence electrons. The fraction of sp³-hybridized carbons (Fsp3) is 0.0500. The summed E-state index contributed by atoms with van der Waals surface area (Å²) in [5, 5.41) is 9.27. The molecule has 7 heteroatoms. The average molecular weight is 368 g/mol. The first-order chi connectivity index (χ1) is 13.0. The molecule has 0 amide bonds. The van der Waals surface area contributed by atoms with Crippen LogP contribution in [0.1, 0.15) is 21.5 Å². The van der Waals surface area contributed by atoms with Crippen LogP contribution < -0.4 is 4.74 Å². The number of aromatic nitrogens is 1. The maximum Gasteiger partial charge on any atom is 0.387 e. The van der Waals surface area contributed by atoms with Gasteiger partial charge in [-0.25, -0.2) is 14.8 Å². The van der Waals surface area contributed by atoms with Crippen LogP contribution in [0.25, 0.3) is 0 Å². The fourth-order valence-corrected chi connectivity index (χ4v) is 2.45. The zero-order chi connectivity index (χ0) is 19.2. The summed E-state index contributed by atoms with van der Waals surface area (Å²) < 4.78 is 29.1. The first-order valence-electron chi connectivity index (χ1n) is 7.92. The lowest BCUT2D eigenvalue weighted by molar-refractivity contribution is -0.0505. The van der Waals surface area contributed by atoms with E-state index in [0.717, 1.165) is 23.4 Å². The van der Waals surface area contributed by atoms with Crippen LogP contribution in [0.4, 0.5) is 14.6 Å². The number of aliphatic imine (C=N–C) groups is 1. The van der Waals surface area contributed by atoms with E-state index in [1.165, 1.54) is 0 Å². The van der Waals surface area contributed by atoms with Crippen LogP contribution in [0.3, 0.4) is 0 Å². The van der Waals surface area contributed by atoms with E-state index >= 15 is 0 Å². The summed E-state index contributed by atoms with van der Waals surface area (Å²) in [6.45, 7) is -3.15. The topological polar surface area (TPSA) is 71.8 Å². The minimum atomic E-state index is -3.15. The number of alkyl halides is 2. The molecule has 0 radical (unpaired) electrons. The van der Waals surface area contributed by atoms with E-state index in [1.54, 1.807) is 0 Å². The number of aromatic carboxylic acids is 1. The van der Waals surface area contributed by atoms with Gasteiger partial charge in [-0.15, -0.1) is 0 Å². The fourth-order valence-electron chi connectivity index (χ4n) is 2.45. The number of carboxylic acids is 1. The molecule has 2 aromatic carbocycles. The van der Waals surface area contributed by atoms with Gasteiger partial charge in [0.1, 0.15) is 5.56 Å². The van der Waals surface area contributed by atoms with Crippen molar-refractivity contribution in [1.82, 2.24) is 4.98 Å². The molecular formula is C20H14F2N2O3. The molecule has 0 aliphatic carbocycles. The molecule has 3 aromatic rings. The van der Waals surface area contributed by atoms with Crippen molar-refractivity contribution in [3.63, 3.8) is 0 Å². The van der Waals surface area contributed by atoms with Crippen molar-refractivity contribution in [3.05, 3.63) is 89.6 Å². The Bertz CT molecular complexity index is 920. The molecule has 5 nitrogen and oxygen atoms in total. The van der Waals surface area contributed by atoms with E-state index in [9.17, 15) is 18.7 Å². The Labute approximate surface area is 153 Å². The smallest absolute Gasteiger partial charge is 0.387 e. The predicted octanol–water partition coefficient (Wildman–Crippen LogP) is 4.55. The second kappa shape index (κ2) is 8.18. The van der Waals surface area contributed by atoms with Crippen LogP contribution in [-0.4, -0.2) is 28.4 Å². The molecule has 0 aliphatic rings. The van der Waals surface area contributed by atoms with Crippen molar-refractivity contribution in [1.29, 1.82) is 0 Å². The summed E-state index contributed by atoms with van der Waals surface area (Å²) in [7, 11) is 0. The number of nitrogens with zero attached hydrogens (tertiary/aromatic N) is 2. The van der Waals surface area contributed by atoms with Gasteiger partial charge >= 0.3 is 12.6 Å². The Morgan fingerprint density at radius 3 is 2.04 bits per heavy atom. The molecule has 1 heterocycles. The Hall–Kier alpha value is -3.61. The van der Waals surface area contributed by atoms with E-state index in [0.29, 0.717) is 5.71 Å². The van der Waals surface area contributed by atoms with E-state index in [-0.39, 0.29) is 5.82 Å². The van der Waals surface area contributed by atoms with Gasteiger partial charge in [0.25, 0.3) is 0 Å². The molecule has 0 saturated carbocycles. The molecule has 0 unspecified atom stereocenters. The maximum atomic E-state index is 12.4. The number of benzene rings is 2. The number of hydrogen-bond acceptors (Lipinski definition) is 4. The summed E-state index contributed by atoms with van der Waals surface area (Å²) in [4.78, 5) is 19.8. The Balaban J connectivity index is 2.10. The molecule has 1 N–H and O–H groups in total. The summed E-state index contributed by atoms with van der Waals surface area (Å²) in [5.41, 5.74) is 1.73. The number of pyridine rings is 1. The van der Waals surface area contributed by atoms with Crippen LogP contribution in [0.2, 0.25) is 0 Å². The Kier molecular flexibility index (Phi) is 5.51. The highest BCUT2D eigenvalue weighted by molar-refractivity contribution is 6.13. The second-order valence-corrected chi connectivity index (χ2v) is 5.41. The van der Waals surface area contributed by atoms with Crippen LogP contribution in [-0.2, 0) is 0 Å². The minimum Gasteiger partial charge on any atom is -0.478 e. The summed E-state index contributed by atoms with van der Waals surface area (Å²) in [6.07, 6.45) is 0.933. The minimum absolute atomic E-state index is 0.0664. The van der Waals surface area contributed by atoms with Gasteiger partial charge in [0.05, 0.1) is 11.9 Å². The zero-order valence-corrected chi connectivity index (χ0v) is 13.9. The second-order valence-electron chi connectivity index (χ2n) is 5.41. The quantitative estimate of drug-likeness (QED) is 0.648. The molecule has 0 bridgehead atoms. The molecular weight excluding hydrogens is 354 g/mol. The van der Waals surface area contributed by atoms with Crippen molar-refractivity contribution in [2.45, 2.75) is 6.61 Å². The molecule has 3 rings (SSSR count). The Morgan fingerprint density at radius 2 is 1.56 bits per heavy atom. The lowest BCUT2D eigenvalue weighted by atomic mass is 10.0. The highest BCUT2D eigenvalue weighted by atomic mass is 19.3. The number of carbonyl (C=O) groups is 1. The summed E-state index contributed by atoms with van der Waals surface area (Å²) in [5.74, 6) is -1.86. The maximum absolute atomic E-state index is 12.4. The van der Waals surface area contributed by atoms with Gasteiger partial charge in [-0.05, 0) is 0 Å². The van der Waals surface area contributed by atoms with Crippen LogP contribution >= 0.6 is 0 Å². The molecule has 0 aliphatic heterocycles. The standard InChI is InChI=1S/C20H14F2N2O3/c21-20(22)27-16-12-23-17(11-15(16)19(25)26)24-18(13-7-3-1-4-8-13)14-9-5-2-6-10-14/h1-12,20H,(H,25,26). The summed E-state index contributed by atoms with van der Waals surface area (Å²) in [6, 6.07) is 19.7. The number of rotatable bonds is 6. The SMILES string of the molecule is O=C(O)c1cc(N=C(c2ccccc2)c2ccccc2)ncc1OC(F)F. The number of ether oxygens (including phenoxy) is 1. The normalized spacial score (nSPS) is 10.5. The van der Waals surface area contributed by atoms with Crippen LogP contribution in [0, 0.1) is 0 Å². The molecule has 27 heavy (non-hydrogen) atoms. The van der Waals surface area contributed by atoms with Gasteiger partial charge in [-0.3, -0.25) is 0 Å². The largest absolute Gasteiger partial charge is 0.478 e. The molecule has 0 spiro atoms. The first kappa shape index (κ1) is 18.2. The number of hydrogen-bond donors (Lipinski definition) is 1. The van der Waals surface area contributed by atoms with Gasteiger partial charge in [0, 0.05) is 17.2 Å². The van der Waals surface area contributed by atoms with Gasteiger partial charge < -0.3 is 9.84 Å². The lowest BCUT2D eigenvalue weighted by Crippen LogP contribution is -2.08. The molecule has 0 atom stereocenters. The number of carboxylic acid groups (broad SMARTS) is 1. The van der Waals surface area contributed by atoms with E-state index in [1.807, 2.05) is 60.7 Å². The Morgan fingerprint density at radius 1 is 1.00 bits per heavy atom. The third kappa shape index (κ3) is 4.52. The third-order valence-electron chi connectivity index (χ3n) is 3.62. The first-order valence-corrected chi connectivity index (χ1v) is 7.92. The van der Waals surface area contributed by atoms with Gasteiger partial charge in [0.2, 0.25) is 0 Å². The van der Waals surface area contributed by atoms with E-state index in [4.69, 9.17) is 0 Å². The predicted molar refractivity (Wildman–Crippen MR) is 96.0 cm³/mol. The van der Waals surface area contributed by atoms with Crippen molar-refractivity contribution in [2.75, 3.05) is 0 Å². The van der Waals surface area contributed by atoms with Crippen LogP contribution in [0.5, 0.6) is 5.75 Å². The van der Waals surface area contributed by atoms with E-state index < -0.39 is 23.9 Å². The van der Waals surface area contributed by atoms with Gasteiger partial charge in [-0.1, -0.05) is 60.7 Å². The van der Waals surface area contributed by atoms with Crippen molar-refractivity contribution >= 4 is 17.5 Å². The van der Waals surface area contributed by atoms with Crippen LogP contribution in [0.15, 0.2) is 77.9 Å². The highest BCUT2D eigenvalue weighted by Crippen LogP contribution is 2.25. The molecule has 0 saturated heterocycles. The zero-order valence-electron chi connectivity index (χ0n) is 13.9. The molecule has 1 aromatic heterocycles. The molecule has 0 fully saturated rings. The van der Waals surface area contributed by atoms with Crippen molar-refractivity contribution in [2.24, 2.45) is 4.99 Å². The summed E-state index contributed by atoms with van der Waals surface area (Å²) >= 11 is 0. The van der Waals surface area contributed by atoms with Crippen molar-refractivity contribution < 1.29 is 23.4 Å². The monoisotopic (exact) mass is 368 g/mol. The highest BCUT2D eigenvalue weighted by Gasteiger charge is 2.17. The number of halogens is 2. The third-order valence-corrected chi connectivity index (χ3v) is 3.62. The lowest BCUT2D eigenvalue weighted by Gasteiger charge is -2.10. The average Bonchev–Trinajstić information content (AvgIpc) is 2.68.